The fourth-order valence-corrected chi connectivity index (χ4v) is 2.59. The number of carbonyl (C=O) groups excluding carboxylic acids is 1. The van der Waals surface area contributed by atoms with Crippen molar-refractivity contribution in [3.8, 4) is 0 Å². The largest absolute Gasteiger partial charge is 0.481 e. The van der Waals surface area contributed by atoms with Crippen LogP contribution in [0.2, 0.25) is 0 Å². The first-order valence-electron chi connectivity index (χ1n) is 6.89. The summed E-state index contributed by atoms with van der Waals surface area (Å²) >= 11 is 0. The molecule has 5 heteroatoms. The fourth-order valence-electron chi connectivity index (χ4n) is 2.59. The minimum absolute atomic E-state index is 0.179. The van der Waals surface area contributed by atoms with Gasteiger partial charge in [-0.1, -0.05) is 27.7 Å². The van der Waals surface area contributed by atoms with Crippen molar-refractivity contribution in [2.75, 3.05) is 13.2 Å². The van der Waals surface area contributed by atoms with Gasteiger partial charge in [0.05, 0.1) is 6.10 Å². The zero-order valence-electron chi connectivity index (χ0n) is 12.2. The van der Waals surface area contributed by atoms with Gasteiger partial charge in [-0.2, -0.15) is 0 Å². The molecule has 3 atom stereocenters. The highest BCUT2D eigenvalue weighted by Crippen LogP contribution is 2.27. The minimum Gasteiger partial charge on any atom is -0.481 e. The van der Waals surface area contributed by atoms with Gasteiger partial charge in [0.15, 0.2) is 0 Å². The zero-order chi connectivity index (χ0) is 14.6. The highest BCUT2D eigenvalue weighted by molar-refractivity contribution is 5.97. The van der Waals surface area contributed by atoms with Gasteiger partial charge in [0.2, 0.25) is 5.91 Å². The molecule has 2 N–H and O–H groups in total. The molecule has 1 rings (SSSR count). The second-order valence-electron chi connectivity index (χ2n) is 6.25. The third kappa shape index (κ3) is 4.20. The molecule has 0 aromatic heterocycles. The molecule has 1 heterocycles. The lowest BCUT2D eigenvalue weighted by Gasteiger charge is -2.27. The number of carboxylic acid groups (broad SMARTS) is 1. The van der Waals surface area contributed by atoms with Crippen LogP contribution in [-0.2, 0) is 14.3 Å². The van der Waals surface area contributed by atoms with Gasteiger partial charge in [-0.15, -0.1) is 0 Å². The molecule has 0 saturated carbocycles. The van der Waals surface area contributed by atoms with Gasteiger partial charge in [-0.25, -0.2) is 0 Å². The van der Waals surface area contributed by atoms with Gasteiger partial charge in [0.1, 0.15) is 5.92 Å². The number of carboxylic acids is 1. The summed E-state index contributed by atoms with van der Waals surface area (Å²) in [5, 5.41) is 12.0. The fraction of sp³-hybridized carbons (Fsp3) is 0.857. The summed E-state index contributed by atoms with van der Waals surface area (Å²) in [6.07, 6.45) is 2.02. The van der Waals surface area contributed by atoms with Crippen LogP contribution >= 0.6 is 0 Å². The predicted molar refractivity (Wildman–Crippen MR) is 71.7 cm³/mol. The van der Waals surface area contributed by atoms with Crippen LogP contribution < -0.4 is 5.32 Å². The molecule has 1 aliphatic rings. The lowest BCUT2D eigenvalue weighted by molar-refractivity contribution is -0.151. The number of ether oxygens (including phenoxy) is 1. The molecule has 1 amide bonds. The van der Waals surface area contributed by atoms with E-state index in [1.807, 2.05) is 0 Å². The summed E-state index contributed by atoms with van der Waals surface area (Å²) in [7, 11) is 0. The Morgan fingerprint density at radius 3 is 2.53 bits per heavy atom. The maximum atomic E-state index is 12.1. The highest BCUT2D eigenvalue weighted by atomic mass is 16.5. The smallest absolute Gasteiger partial charge is 0.316 e. The average molecular weight is 271 g/mol. The first-order chi connectivity index (χ1) is 8.77. The van der Waals surface area contributed by atoms with E-state index in [2.05, 4.69) is 12.2 Å². The second kappa shape index (κ2) is 6.37. The monoisotopic (exact) mass is 271 g/mol. The molecule has 19 heavy (non-hydrogen) atoms. The third-order valence-corrected chi connectivity index (χ3v) is 3.66. The van der Waals surface area contributed by atoms with Crippen LogP contribution in [0.1, 0.15) is 40.5 Å². The third-order valence-electron chi connectivity index (χ3n) is 3.66. The SMILES string of the molecule is CCC1OCCC1CNC(=O)C(C(=O)O)C(C)(C)C. The van der Waals surface area contributed by atoms with E-state index < -0.39 is 23.2 Å². The quantitative estimate of drug-likeness (QED) is 0.746. The molecular formula is C14H25NO4. The minimum atomic E-state index is -1.07. The van der Waals surface area contributed by atoms with E-state index in [1.165, 1.54) is 0 Å². The predicted octanol–water partition coefficient (Wildman–Crippen LogP) is 1.66. The summed E-state index contributed by atoms with van der Waals surface area (Å²) < 4.78 is 5.55. The summed E-state index contributed by atoms with van der Waals surface area (Å²) in [4.78, 5) is 23.3. The van der Waals surface area contributed by atoms with Gasteiger partial charge in [0, 0.05) is 19.1 Å². The Labute approximate surface area is 114 Å². The molecule has 3 unspecified atom stereocenters. The topological polar surface area (TPSA) is 75.6 Å². The van der Waals surface area contributed by atoms with Crippen molar-refractivity contribution < 1.29 is 19.4 Å². The Hall–Kier alpha value is -1.10. The van der Waals surface area contributed by atoms with Gasteiger partial charge in [-0.05, 0) is 18.3 Å². The molecule has 1 saturated heterocycles. The molecule has 0 aliphatic carbocycles. The van der Waals surface area contributed by atoms with Crippen molar-refractivity contribution in [3.05, 3.63) is 0 Å². The van der Waals surface area contributed by atoms with Crippen molar-refractivity contribution in [2.45, 2.75) is 46.6 Å². The molecule has 0 spiro atoms. The van der Waals surface area contributed by atoms with Gasteiger partial charge >= 0.3 is 5.97 Å². The van der Waals surface area contributed by atoms with Crippen LogP contribution in [0.25, 0.3) is 0 Å². The number of aliphatic carboxylic acids is 1. The Kier molecular flexibility index (Phi) is 5.35. The van der Waals surface area contributed by atoms with Crippen molar-refractivity contribution in [2.24, 2.45) is 17.3 Å². The molecule has 0 radical (unpaired) electrons. The van der Waals surface area contributed by atoms with E-state index in [-0.39, 0.29) is 6.10 Å². The Bertz CT molecular complexity index is 335. The second-order valence-corrected chi connectivity index (χ2v) is 6.25. The molecule has 0 aromatic carbocycles. The van der Waals surface area contributed by atoms with E-state index >= 15 is 0 Å². The van der Waals surface area contributed by atoms with E-state index in [4.69, 9.17) is 4.74 Å². The summed E-state index contributed by atoms with van der Waals surface area (Å²) in [6, 6.07) is 0. The van der Waals surface area contributed by atoms with Gasteiger partial charge in [0.25, 0.3) is 0 Å². The lowest BCUT2D eigenvalue weighted by Crippen LogP contribution is -2.44. The number of rotatable bonds is 5. The van der Waals surface area contributed by atoms with E-state index in [9.17, 15) is 14.7 Å². The first kappa shape index (κ1) is 16.0. The normalized spacial score (nSPS) is 25.1. The molecule has 110 valence electrons. The van der Waals surface area contributed by atoms with Crippen molar-refractivity contribution >= 4 is 11.9 Å². The first-order valence-corrected chi connectivity index (χ1v) is 6.89. The lowest BCUT2D eigenvalue weighted by atomic mass is 9.80. The van der Waals surface area contributed by atoms with E-state index in [1.54, 1.807) is 20.8 Å². The number of hydrogen-bond acceptors (Lipinski definition) is 3. The van der Waals surface area contributed by atoms with Crippen LogP contribution in [0.3, 0.4) is 0 Å². The Morgan fingerprint density at radius 1 is 1.42 bits per heavy atom. The number of carbonyl (C=O) groups is 2. The van der Waals surface area contributed by atoms with Crippen LogP contribution in [0.4, 0.5) is 0 Å². The van der Waals surface area contributed by atoms with Crippen molar-refractivity contribution in [1.29, 1.82) is 0 Å². The van der Waals surface area contributed by atoms with Crippen molar-refractivity contribution in [3.63, 3.8) is 0 Å². The van der Waals surface area contributed by atoms with E-state index in [0.29, 0.717) is 12.5 Å². The van der Waals surface area contributed by atoms with Crippen molar-refractivity contribution in [1.82, 2.24) is 5.32 Å². The standard InChI is InChI=1S/C14H25NO4/c1-5-10-9(6-7-19-10)8-15-12(16)11(13(17)18)14(2,3)4/h9-11H,5-8H2,1-4H3,(H,15,16)(H,17,18). The number of hydrogen-bond donors (Lipinski definition) is 2. The molecule has 1 fully saturated rings. The Balaban J connectivity index is 2.56. The highest BCUT2D eigenvalue weighted by Gasteiger charge is 2.38. The van der Waals surface area contributed by atoms with Gasteiger partial charge in [-0.3, -0.25) is 9.59 Å². The molecule has 0 aromatic rings. The summed E-state index contributed by atoms with van der Waals surface area (Å²) in [6.45, 7) is 8.56. The summed E-state index contributed by atoms with van der Waals surface area (Å²) in [5.74, 6) is -2.19. The van der Waals surface area contributed by atoms with E-state index in [0.717, 1.165) is 19.4 Å². The maximum Gasteiger partial charge on any atom is 0.316 e. The summed E-state index contributed by atoms with van der Waals surface area (Å²) in [5.41, 5.74) is -0.591. The van der Waals surface area contributed by atoms with Crippen LogP contribution in [0.5, 0.6) is 0 Å². The zero-order valence-corrected chi connectivity index (χ0v) is 12.2. The molecule has 5 nitrogen and oxygen atoms in total. The van der Waals surface area contributed by atoms with Crippen LogP contribution in [-0.4, -0.2) is 36.2 Å². The molecule has 1 aliphatic heterocycles. The van der Waals surface area contributed by atoms with Crippen LogP contribution in [0, 0.1) is 17.3 Å². The number of amides is 1. The molecule has 0 bridgehead atoms. The van der Waals surface area contributed by atoms with Crippen LogP contribution in [0.15, 0.2) is 0 Å². The Morgan fingerprint density at radius 2 is 2.05 bits per heavy atom. The molecular weight excluding hydrogens is 246 g/mol. The average Bonchev–Trinajstić information content (AvgIpc) is 2.70. The van der Waals surface area contributed by atoms with Gasteiger partial charge < -0.3 is 15.2 Å². The maximum absolute atomic E-state index is 12.1. The number of nitrogens with one attached hydrogen (secondary N) is 1.